The summed E-state index contributed by atoms with van der Waals surface area (Å²) in [6.45, 7) is 3.48. The molecule has 1 aliphatic heterocycles. The number of hydrogen-bond acceptors (Lipinski definition) is 4. The van der Waals surface area contributed by atoms with Gasteiger partial charge in [0, 0.05) is 30.1 Å². The Bertz CT molecular complexity index is 1180. The zero-order chi connectivity index (χ0) is 22.8. The molecule has 7 nitrogen and oxygen atoms in total. The number of quaternary nitrogens is 1. The molecule has 0 aliphatic carbocycles. The number of fused-ring (bicyclic) bond motifs is 1. The van der Waals surface area contributed by atoms with Crippen LogP contribution in [0.3, 0.4) is 0 Å². The Labute approximate surface area is 192 Å². The third kappa shape index (κ3) is 4.53. The average molecular weight is 450 g/mol. The minimum absolute atomic E-state index is 0.0165. The van der Waals surface area contributed by atoms with Gasteiger partial charge >= 0.3 is 0 Å². The van der Waals surface area contributed by atoms with Crippen LogP contribution < -0.4 is 5.06 Å². The van der Waals surface area contributed by atoms with E-state index in [9.17, 15) is 10.0 Å². The summed E-state index contributed by atoms with van der Waals surface area (Å²) >= 11 is 6.19. The molecular weight excluding hydrogens is 426 g/mol. The largest absolute Gasteiger partial charge is 0.634 e. The Hall–Kier alpha value is -3.18. The van der Waals surface area contributed by atoms with Crippen molar-refractivity contribution in [2.24, 2.45) is 0 Å². The molecule has 4 rings (SSSR count). The lowest BCUT2D eigenvalue weighted by atomic mass is 10.0. The van der Waals surface area contributed by atoms with Gasteiger partial charge in [-0.3, -0.25) is 9.48 Å². The molecule has 3 aromatic rings. The van der Waals surface area contributed by atoms with Gasteiger partial charge in [-0.05, 0) is 48.4 Å². The van der Waals surface area contributed by atoms with Crippen molar-refractivity contribution in [2.45, 2.75) is 25.9 Å². The molecule has 1 amide bonds. The number of rotatable bonds is 6. The van der Waals surface area contributed by atoms with Gasteiger partial charge in [0.2, 0.25) is 0 Å². The second-order valence-electron chi connectivity index (χ2n) is 8.21. The zero-order valence-corrected chi connectivity index (χ0v) is 18.8. The first kappa shape index (κ1) is 22.0. The van der Waals surface area contributed by atoms with Gasteiger partial charge in [-0.15, -0.1) is 0 Å². The van der Waals surface area contributed by atoms with Crippen molar-refractivity contribution in [1.82, 2.24) is 14.7 Å². The molecule has 2 atom stereocenters. The maximum absolute atomic E-state index is 13.2. The molecule has 0 saturated carbocycles. The maximum Gasteiger partial charge on any atom is 0.272 e. The minimum Gasteiger partial charge on any atom is -0.634 e. The van der Waals surface area contributed by atoms with Gasteiger partial charge in [0.05, 0.1) is 37.0 Å². The van der Waals surface area contributed by atoms with Crippen molar-refractivity contribution < 1.29 is 9.86 Å². The maximum atomic E-state index is 13.2. The molecule has 1 unspecified atom stereocenters. The van der Waals surface area contributed by atoms with E-state index in [-0.39, 0.29) is 17.0 Å². The number of carbonyl (C=O) groups excluding carboxylic acids is 1. The third-order valence-corrected chi connectivity index (χ3v) is 5.93. The van der Waals surface area contributed by atoms with Crippen LogP contribution in [0.1, 0.15) is 40.1 Å². The van der Waals surface area contributed by atoms with E-state index >= 15 is 0 Å². The lowest BCUT2D eigenvalue weighted by Gasteiger charge is -2.31. The number of hydroxylamine groups is 2. The van der Waals surface area contributed by atoms with E-state index in [1.807, 2.05) is 42.2 Å². The van der Waals surface area contributed by atoms with Crippen molar-refractivity contribution >= 4 is 17.5 Å². The van der Waals surface area contributed by atoms with Crippen LogP contribution in [-0.2, 0) is 13.0 Å². The second kappa shape index (κ2) is 9.13. The van der Waals surface area contributed by atoms with E-state index in [1.54, 1.807) is 29.9 Å². The fourth-order valence-electron chi connectivity index (χ4n) is 4.03. The van der Waals surface area contributed by atoms with Crippen LogP contribution in [0.4, 0.5) is 0 Å². The number of aromatic nitrogens is 2. The summed E-state index contributed by atoms with van der Waals surface area (Å²) in [7, 11) is 1.57. The summed E-state index contributed by atoms with van der Waals surface area (Å²) in [5, 5.41) is 25.9. The number of nitrogens with zero attached hydrogens (tertiary/aromatic N) is 4. The molecule has 0 bridgehead atoms. The monoisotopic (exact) mass is 449 g/mol. The number of carbonyl (C=O) groups is 1. The topological polar surface area (TPSA) is 89.4 Å². The second-order valence-corrected chi connectivity index (χ2v) is 8.64. The Morgan fingerprint density at radius 1 is 1.25 bits per heavy atom. The molecule has 1 aromatic heterocycles. The minimum atomic E-state index is -0.0783. The number of benzene rings is 2. The lowest BCUT2D eigenvalue weighted by Crippen LogP contribution is -3.04. The summed E-state index contributed by atoms with van der Waals surface area (Å²) in [5.41, 5.74) is 4.64. The van der Waals surface area contributed by atoms with Gasteiger partial charge in [-0.25, -0.2) is 0 Å². The van der Waals surface area contributed by atoms with Crippen LogP contribution in [0.2, 0.25) is 5.02 Å². The number of halogens is 1. The zero-order valence-electron chi connectivity index (χ0n) is 18.0. The SMILES string of the molecule is C[C@H]1CN(Cc2ccc(C#N)cc2)C(=O)c2cc(-c3ccc(Cl)cc3CC[NH+](C)[O-])nn21. The van der Waals surface area contributed by atoms with Crippen molar-refractivity contribution in [3.05, 3.63) is 81.1 Å². The molecular formula is C24H24ClN5O2. The average Bonchev–Trinajstić information content (AvgIpc) is 3.22. The summed E-state index contributed by atoms with van der Waals surface area (Å²) in [6.07, 6.45) is 0.571. The van der Waals surface area contributed by atoms with E-state index in [0.717, 1.165) is 16.7 Å². The van der Waals surface area contributed by atoms with Crippen molar-refractivity contribution in [3.8, 4) is 17.3 Å². The molecule has 1 N–H and O–H groups in total. The Balaban J connectivity index is 1.62. The summed E-state index contributed by atoms with van der Waals surface area (Å²) in [4.78, 5) is 15.0. The van der Waals surface area contributed by atoms with Gasteiger partial charge in [0.1, 0.15) is 5.69 Å². The van der Waals surface area contributed by atoms with E-state index in [1.165, 1.54) is 0 Å². The highest BCUT2D eigenvalue weighted by atomic mass is 35.5. The molecule has 164 valence electrons. The molecule has 1 aliphatic rings. The van der Waals surface area contributed by atoms with Gasteiger partial charge < -0.3 is 15.2 Å². The molecule has 2 heterocycles. The Morgan fingerprint density at radius 3 is 2.69 bits per heavy atom. The molecule has 0 fully saturated rings. The highest BCUT2D eigenvalue weighted by Crippen LogP contribution is 2.30. The van der Waals surface area contributed by atoms with E-state index in [0.29, 0.717) is 48.0 Å². The van der Waals surface area contributed by atoms with Gasteiger partial charge in [0.25, 0.3) is 5.91 Å². The molecule has 2 aromatic carbocycles. The summed E-state index contributed by atoms with van der Waals surface area (Å²) in [5.74, 6) is -0.0783. The molecule has 0 spiro atoms. The van der Waals surface area contributed by atoms with Crippen LogP contribution in [0.5, 0.6) is 0 Å². The van der Waals surface area contributed by atoms with Crippen molar-refractivity contribution in [2.75, 3.05) is 20.1 Å². The number of hydrogen-bond donors (Lipinski definition) is 1. The van der Waals surface area contributed by atoms with Crippen LogP contribution in [-0.4, -0.2) is 40.7 Å². The predicted octanol–water partition coefficient (Wildman–Crippen LogP) is 2.85. The van der Waals surface area contributed by atoms with E-state index < -0.39 is 0 Å². The first-order chi connectivity index (χ1) is 15.4. The number of amides is 1. The summed E-state index contributed by atoms with van der Waals surface area (Å²) < 4.78 is 1.79. The standard InChI is InChI=1S/C24H24ClN5O2/c1-16-14-29(15-18-5-3-17(13-26)4-6-18)24(31)23-12-22(27-30(16)23)21-8-7-20(25)11-19(21)9-10-28(2)32/h3-8,11-12,16,28H,9-10,14-15H2,1-2H3/t16-/m0/s1. The fraction of sp³-hybridized carbons (Fsp3) is 0.292. The molecule has 8 heteroatoms. The Kier molecular flexibility index (Phi) is 6.28. The first-order valence-corrected chi connectivity index (χ1v) is 10.9. The lowest BCUT2D eigenvalue weighted by molar-refractivity contribution is -0.825. The molecule has 0 radical (unpaired) electrons. The van der Waals surface area contributed by atoms with Crippen molar-refractivity contribution in [1.29, 1.82) is 5.26 Å². The summed E-state index contributed by atoms with van der Waals surface area (Å²) in [6, 6.07) is 16.8. The van der Waals surface area contributed by atoms with Crippen LogP contribution in [0, 0.1) is 16.5 Å². The number of likely N-dealkylation sites (N-methyl/N-ethyl adjacent to an activating group) is 1. The third-order valence-electron chi connectivity index (χ3n) is 5.69. The normalized spacial score (nSPS) is 16.5. The number of nitrogens with one attached hydrogen (secondary N) is 1. The quantitative estimate of drug-likeness (QED) is 0.586. The van der Waals surface area contributed by atoms with Crippen LogP contribution in [0.15, 0.2) is 48.5 Å². The smallest absolute Gasteiger partial charge is 0.272 e. The number of nitriles is 1. The van der Waals surface area contributed by atoms with Crippen LogP contribution >= 0.6 is 11.6 Å². The van der Waals surface area contributed by atoms with Crippen LogP contribution in [0.25, 0.3) is 11.3 Å². The van der Waals surface area contributed by atoms with Gasteiger partial charge in [0.15, 0.2) is 0 Å². The molecule has 0 saturated heterocycles. The molecule has 32 heavy (non-hydrogen) atoms. The fourth-order valence-corrected chi connectivity index (χ4v) is 4.23. The van der Waals surface area contributed by atoms with Crippen molar-refractivity contribution in [3.63, 3.8) is 0 Å². The highest BCUT2D eigenvalue weighted by Gasteiger charge is 2.31. The predicted molar refractivity (Wildman–Crippen MR) is 122 cm³/mol. The Morgan fingerprint density at radius 2 is 2.00 bits per heavy atom. The van der Waals surface area contributed by atoms with Gasteiger partial charge in [-0.1, -0.05) is 29.8 Å². The van der Waals surface area contributed by atoms with Gasteiger partial charge in [-0.2, -0.15) is 10.4 Å². The highest BCUT2D eigenvalue weighted by molar-refractivity contribution is 6.30. The first-order valence-electron chi connectivity index (χ1n) is 10.5. The van der Waals surface area contributed by atoms with E-state index in [4.69, 9.17) is 22.0 Å². The van der Waals surface area contributed by atoms with E-state index in [2.05, 4.69) is 6.07 Å².